The summed E-state index contributed by atoms with van der Waals surface area (Å²) in [5.74, 6) is 4.38. The van der Waals surface area contributed by atoms with Gasteiger partial charge in [0.15, 0.2) is 0 Å². The summed E-state index contributed by atoms with van der Waals surface area (Å²) in [4.78, 5) is 0. The van der Waals surface area contributed by atoms with Crippen molar-refractivity contribution < 1.29 is 0 Å². The Morgan fingerprint density at radius 2 is 1.53 bits per heavy atom. The second-order valence-corrected chi connectivity index (χ2v) is 7.48. The van der Waals surface area contributed by atoms with Crippen molar-refractivity contribution in [3.63, 3.8) is 0 Å². The van der Waals surface area contributed by atoms with Crippen molar-refractivity contribution in [3.05, 3.63) is 0 Å². The van der Waals surface area contributed by atoms with E-state index in [-0.39, 0.29) is 0 Å². The first-order valence-corrected chi connectivity index (χ1v) is 9.33. The summed E-state index contributed by atoms with van der Waals surface area (Å²) in [5, 5.41) is 0. The molecule has 112 valence electrons. The van der Waals surface area contributed by atoms with Gasteiger partial charge in [0.2, 0.25) is 0 Å². The maximum Gasteiger partial charge on any atom is -0.0383 e. The minimum Gasteiger partial charge on any atom is -0.0654 e. The molecular weight excluding hydrogens is 228 g/mol. The summed E-state index contributed by atoms with van der Waals surface area (Å²) in [5.41, 5.74) is 0. The Morgan fingerprint density at radius 3 is 2.21 bits per heavy atom. The molecular formula is C19H36. The van der Waals surface area contributed by atoms with Gasteiger partial charge < -0.3 is 0 Å². The quantitative estimate of drug-likeness (QED) is 0.475. The minimum atomic E-state index is 1.07. The molecule has 0 aromatic heterocycles. The lowest BCUT2D eigenvalue weighted by Crippen LogP contribution is -2.26. The van der Waals surface area contributed by atoms with E-state index >= 15 is 0 Å². The van der Waals surface area contributed by atoms with Gasteiger partial charge in [0.25, 0.3) is 0 Å². The van der Waals surface area contributed by atoms with E-state index in [1.807, 2.05) is 0 Å². The number of hydrogen-bond acceptors (Lipinski definition) is 0. The topological polar surface area (TPSA) is 0 Å². The van der Waals surface area contributed by atoms with E-state index in [1.165, 1.54) is 51.4 Å². The first-order chi connectivity index (χ1) is 9.33. The largest absolute Gasteiger partial charge is 0.0654 e. The number of hydrogen-bond donors (Lipinski definition) is 0. The van der Waals surface area contributed by atoms with Crippen LogP contribution in [-0.4, -0.2) is 0 Å². The molecule has 0 saturated heterocycles. The number of rotatable bonds is 6. The smallest absolute Gasteiger partial charge is 0.0383 e. The SMILES string of the molecule is CCCCC[C@@H]1CCC[C@@H]([C@H]2CC[C@@H](CC)CC2)C1. The van der Waals surface area contributed by atoms with Crippen molar-refractivity contribution in [2.45, 2.75) is 97.3 Å². The molecule has 2 saturated carbocycles. The lowest BCUT2D eigenvalue weighted by molar-refractivity contribution is 0.134. The van der Waals surface area contributed by atoms with E-state index in [2.05, 4.69) is 13.8 Å². The van der Waals surface area contributed by atoms with Gasteiger partial charge in [-0.15, -0.1) is 0 Å². The Balaban J connectivity index is 1.71. The molecule has 0 spiro atoms. The van der Waals surface area contributed by atoms with Gasteiger partial charge in [0.05, 0.1) is 0 Å². The van der Waals surface area contributed by atoms with Crippen molar-refractivity contribution >= 4 is 0 Å². The molecule has 0 heteroatoms. The van der Waals surface area contributed by atoms with Crippen LogP contribution >= 0.6 is 0 Å². The molecule has 0 aliphatic heterocycles. The predicted molar refractivity (Wildman–Crippen MR) is 85.3 cm³/mol. The minimum absolute atomic E-state index is 1.07. The van der Waals surface area contributed by atoms with E-state index < -0.39 is 0 Å². The van der Waals surface area contributed by atoms with Crippen LogP contribution in [0.2, 0.25) is 0 Å². The highest BCUT2D eigenvalue weighted by Crippen LogP contribution is 2.43. The third kappa shape index (κ3) is 4.80. The highest BCUT2D eigenvalue weighted by molar-refractivity contribution is 4.82. The molecule has 2 fully saturated rings. The van der Waals surface area contributed by atoms with Crippen LogP contribution in [0, 0.1) is 23.7 Å². The first-order valence-electron chi connectivity index (χ1n) is 9.33. The van der Waals surface area contributed by atoms with Crippen molar-refractivity contribution in [1.82, 2.24) is 0 Å². The van der Waals surface area contributed by atoms with Gasteiger partial charge in [-0.25, -0.2) is 0 Å². The summed E-state index contributed by atoms with van der Waals surface area (Å²) >= 11 is 0. The Labute approximate surface area is 121 Å². The third-order valence-electron chi connectivity index (χ3n) is 6.17. The molecule has 0 aromatic carbocycles. The fourth-order valence-electron chi connectivity index (χ4n) is 4.77. The van der Waals surface area contributed by atoms with Crippen LogP contribution in [-0.2, 0) is 0 Å². The van der Waals surface area contributed by atoms with E-state index in [1.54, 1.807) is 32.1 Å². The normalized spacial score (nSPS) is 36.3. The van der Waals surface area contributed by atoms with Gasteiger partial charge in [-0.1, -0.05) is 78.1 Å². The Hall–Kier alpha value is 0. The summed E-state index contributed by atoms with van der Waals surface area (Å²) in [6.07, 6.45) is 19.7. The molecule has 0 nitrogen and oxygen atoms in total. The Kier molecular flexibility index (Phi) is 6.74. The number of unbranched alkanes of at least 4 members (excludes halogenated alkanes) is 2. The summed E-state index contributed by atoms with van der Waals surface area (Å²) in [6.45, 7) is 4.71. The molecule has 2 aliphatic carbocycles. The Morgan fingerprint density at radius 1 is 0.737 bits per heavy atom. The van der Waals surface area contributed by atoms with Crippen LogP contribution in [0.15, 0.2) is 0 Å². The van der Waals surface area contributed by atoms with Crippen LogP contribution in [0.5, 0.6) is 0 Å². The van der Waals surface area contributed by atoms with E-state index in [4.69, 9.17) is 0 Å². The highest BCUT2D eigenvalue weighted by Gasteiger charge is 2.30. The van der Waals surface area contributed by atoms with Crippen LogP contribution < -0.4 is 0 Å². The molecule has 0 bridgehead atoms. The van der Waals surface area contributed by atoms with Crippen LogP contribution in [0.25, 0.3) is 0 Å². The van der Waals surface area contributed by atoms with E-state index in [9.17, 15) is 0 Å². The van der Waals surface area contributed by atoms with Crippen molar-refractivity contribution in [3.8, 4) is 0 Å². The molecule has 0 N–H and O–H groups in total. The van der Waals surface area contributed by atoms with Gasteiger partial charge in [-0.2, -0.15) is 0 Å². The van der Waals surface area contributed by atoms with E-state index in [0.717, 1.165) is 23.7 Å². The average molecular weight is 264 g/mol. The van der Waals surface area contributed by atoms with Crippen LogP contribution in [0.1, 0.15) is 97.3 Å². The summed E-state index contributed by atoms with van der Waals surface area (Å²) < 4.78 is 0. The summed E-state index contributed by atoms with van der Waals surface area (Å²) in [7, 11) is 0. The third-order valence-corrected chi connectivity index (χ3v) is 6.17. The maximum absolute atomic E-state index is 2.38. The zero-order valence-electron chi connectivity index (χ0n) is 13.5. The van der Waals surface area contributed by atoms with Gasteiger partial charge in [0, 0.05) is 0 Å². The first kappa shape index (κ1) is 15.4. The molecule has 0 aromatic rings. The molecule has 0 radical (unpaired) electrons. The standard InChI is InChI=1S/C19H36/c1-3-5-6-8-17-9-7-10-19(15-17)18-13-11-16(4-2)12-14-18/h16-19H,3-15H2,1-2H3/t16-,17-,18+,19-/m1/s1. The maximum atomic E-state index is 2.38. The molecule has 2 atom stereocenters. The molecule has 0 heterocycles. The molecule has 2 rings (SSSR count). The molecule has 0 amide bonds. The van der Waals surface area contributed by atoms with Crippen molar-refractivity contribution in [2.75, 3.05) is 0 Å². The van der Waals surface area contributed by atoms with Gasteiger partial charge in [-0.05, 0) is 42.9 Å². The monoisotopic (exact) mass is 264 g/mol. The predicted octanol–water partition coefficient (Wildman–Crippen LogP) is 6.59. The van der Waals surface area contributed by atoms with Crippen molar-refractivity contribution in [2.24, 2.45) is 23.7 Å². The second-order valence-electron chi connectivity index (χ2n) is 7.48. The molecule has 0 unspecified atom stereocenters. The zero-order chi connectivity index (χ0) is 13.5. The molecule has 19 heavy (non-hydrogen) atoms. The van der Waals surface area contributed by atoms with Gasteiger partial charge in [0.1, 0.15) is 0 Å². The average Bonchev–Trinajstić information content (AvgIpc) is 2.48. The summed E-state index contributed by atoms with van der Waals surface area (Å²) in [6, 6.07) is 0. The fourth-order valence-corrected chi connectivity index (χ4v) is 4.77. The lowest BCUT2D eigenvalue weighted by Gasteiger charge is -2.38. The van der Waals surface area contributed by atoms with Crippen LogP contribution in [0.3, 0.4) is 0 Å². The van der Waals surface area contributed by atoms with Crippen LogP contribution in [0.4, 0.5) is 0 Å². The van der Waals surface area contributed by atoms with Gasteiger partial charge >= 0.3 is 0 Å². The van der Waals surface area contributed by atoms with E-state index in [0.29, 0.717) is 0 Å². The Bertz CT molecular complexity index is 224. The lowest BCUT2D eigenvalue weighted by atomic mass is 9.68. The second kappa shape index (κ2) is 8.32. The van der Waals surface area contributed by atoms with Crippen molar-refractivity contribution in [1.29, 1.82) is 0 Å². The highest BCUT2D eigenvalue weighted by atomic mass is 14.4. The van der Waals surface area contributed by atoms with Gasteiger partial charge in [-0.3, -0.25) is 0 Å². The fraction of sp³-hybridized carbons (Fsp3) is 1.00. The zero-order valence-corrected chi connectivity index (χ0v) is 13.5. The molecule has 2 aliphatic rings.